The first-order valence-corrected chi connectivity index (χ1v) is 5.17. The molecule has 13 heavy (non-hydrogen) atoms. The van der Waals surface area contributed by atoms with Crippen LogP contribution in [0.15, 0.2) is 12.2 Å². The normalized spacial score (nSPS) is 50.2. The van der Waals surface area contributed by atoms with Crippen LogP contribution in [0.2, 0.25) is 0 Å². The maximum atomic E-state index is 10.4. The van der Waals surface area contributed by atoms with E-state index >= 15 is 0 Å². The molecule has 3 unspecified atom stereocenters. The van der Waals surface area contributed by atoms with E-state index in [0.717, 1.165) is 32.1 Å². The minimum Gasteiger partial charge on any atom is -0.392 e. The van der Waals surface area contributed by atoms with Gasteiger partial charge < -0.3 is 10.2 Å². The van der Waals surface area contributed by atoms with E-state index < -0.39 is 5.60 Å². The Morgan fingerprint density at radius 3 is 2.85 bits per heavy atom. The lowest BCUT2D eigenvalue weighted by Crippen LogP contribution is -2.56. The van der Waals surface area contributed by atoms with Crippen LogP contribution in [0.4, 0.5) is 0 Å². The van der Waals surface area contributed by atoms with Crippen LogP contribution in [0, 0.1) is 5.41 Å². The Morgan fingerprint density at radius 1 is 1.38 bits per heavy atom. The molecule has 0 radical (unpaired) electrons. The fourth-order valence-electron chi connectivity index (χ4n) is 2.78. The van der Waals surface area contributed by atoms with Crippen LogP contribution in [-0.4, -0.2) is 21.9 Å². The minimum absolute atomic E-state index is 0.306. The molecule has 0 heterocycles. The van der Waals surface area contributed by atoms with Gasteiger partial charge >= 0.3 is 0 Å². The first-order chi connectivity index (χ1) is 6.08. The Morgan fingerprint density at radius 2 is 2.15 bits per heavy atom. The molecule has 0 saturated heterocycles. The maximum absolute atomic E-state index is 10.4. The second kappa shape index (κ2) is 2.82. The van der Waals surface area contributed by atoms with E-state index in [1.807, 2.05) is 19.1 Å². The molecule has 0 amide bonds. The summed E-state index contributed by atoms with van der Waals surface area (Å²) >= 11 is 0. The van der Waals surface area contributed by atoms with Gasteiger partial charge in [0.25, 0.3) is 0 Å². The summed E-state index contributed by atoms with van der Waals surface area (Å²) in [5.74, 6) is 0. The summed E-state index contributed by atoms with van der Waals surface area (Å²) in [7, 11) is 0. The Labute approximate surface area is 79.3 Å². The summed E-state index contributed by atoms with van der Waals surface area (Å²) in [6.45, 7) is 2.01. The molecule has 2 heteroatoms. The molecule has 74 valence electrons. The van der Waals surface area contributed by atoms with Crippen LogP contribution >= 0.6 is 0 Å². The number of aliphatic hydroxyl groups excluding tert-OH is 1. The molecule has 2 rings (SSSR count). The summed E-state index contributed by atoms with van der Waals surface area (Å²) in [4.78, 5) is 0. The fraction of sp³-hybridized carbons (Fsp3) is 0.818. The van der Waals surface area contributed by atoms with Crippen molar-refractivity contribution in [2.24, 2.45) is 5.41 Å². The third kappa shape index (κ3) is 1.16. The van der Waals surface area contributed by atoms with Gasteiger partial charge in [0.1, 0.15) is 0 Å². The highest BCUT2D eigenvalue weighted by Crippen LogP contribution is 2.50. The molecule has 0 bridgehead atoms. The van der Waals surface area contributed by atoms with Gasteiger partial charge in [0.15, 0.2) is 0 Å². The number of hydrogen-bond donors (Lipinski definition) is 2. The van der Waals surface area contributed by atoms with Crippen molar-refractivity contribution in [1.82, 2.24) is 0 Å². The monoisotopic (exact) mass is 182 g/mol. The quantitative estimate of drug-likeness (QED) is 0.559. The Kier molecular flexibility index (Phi) is 2.00. The van der Waals surface area contributed by atoms with Gasteiger partial charge in [0, 0.05) is 5.41 Å². The lowest BCUT2D eigenvalue weighted by atomic mass is 9.58. The summed E-state index contributed by atoms with van der Waals surface area (Å²) in [5.41, 5.74) is -1.05. The summed E-state index contributed by atoms with van der Waals surface area (Å²) in [6.07, 6.45) is 8.06. The van der Waals surface area contributed by atoms with Crippen molar-refractivity contribution in [1.29, 1.82) is 0 Å². The standard InChI is InChI=1S/C11H18O2/c1-10-6-2-3-7-11(10,13)8-4-5-9(10)12/h3,7,9,12-13H,2,4-6,8H2,1H3. The molecule has 2 aliphatic carbocycles. The second-order valence-electron chi connectivity index (χ2n) is 4.69. The lowest BCUT2D eigenvalue weighted by molar-refractivity contribution is -0.143. The molecule has 2 aliphatic rings. The highest BCUT2D eigenvalue weighted by atomic mass is 16.3. The minimum atomic E-state index is -0.747. The Bertz CT molecular complexity index is 236. The lowest BCUT2D eigenvalue weighted by Gasteiger charge is -2.51. The maximum Gasteiger partial charge on any atom is 0.0905 e. The van der Waals surface area contributed by atoms with E-state index in [1.165, 1.54) is 0 Å². The molecule has 0 aromatic carbocycles. The van der Waals surface area contributed by atoms with Gasteiger partial charge in [-0.2, -0.15) is 0 Å². The van der Waals surface area contributed by atoms with Gasteiger partial charge in [0.05, 0.1) is 11.7 Å². The molecule has 0 aromatic heterocycles. The average molecular weight is 182 g/mol. The fourth-order valence-corrected chi connectivity index (χ4v) is 2.78. The van der Waals surface area contributed by atoms with Gasteiger partial charge in [-0.05, 0) is 32.1 Å². The summed E-state index contributed by atoms with van der Waals surface area (Å²) in [5, 5.41) is 20.3. The molecular weight excluding hydrogens is 164 g/mol. The number of aliphatic hydroxyl groups is 2. The second-order valence-corrected chi connectivity index (χ2v) is 4.69. The average Bonchev–Trinajstić information content (AvgIpc) is 2.09. The van der Waals surface area contributed by atoms with E-state index in [9.17, 15) is 10.2 Å². The SMILES string of the molecule is CC12CCC=CC1(O)CCCC2O. The summed E-state index contributed by atoms with van der Waals surface area (Å²) in [6, 6.07) is 0. The topological polar surface area (TPSA) is 40.5 Å². The number of hydrogen-bond acceptors (Lipinski definition) is 2. The van der Waals surface area contributed by atoms with Gasteiger partial charge in [-0.25, -0.2) is 0 Å². The predicted octanol–water partition coefficient (Wildman–Crippen LogP) is 1.62. The van der Waals surface area contributed by atoms with Crippen molar-refractivity contribution >= 4 is 0 Å². The van der Waals surface area contributed by atoms with E-state index in [0.29, 0.717) is 0 Å². The third-order valence-electron chi connectivity index (χ3n) is 3.98. The van der Waals surface area contributed by atoms with E-state index in [-0.39, 0.29) is 11.5 Å². The molecule has 1 saturated carbocycles. The zero-order chi connectivity index (χ0) is 9.53. The summed E-state index contributed by atoms with van der Waals surface area (Å²) < 4.78 is 0. The van der Waals surface area contributed by atoms with Crippen LogP contribution in [0.3, 0.4) is 0 Å². The van der Waals surface area contributed by atoms with Crippen molar-refractivity contribution in [2.75, 3.05) is 0 Å². The van der Waals surface area contributed by atoms with Crippen molar-refractivity contribution < 1.29 is 10.2 Å². The van der Waals surface area contributed by atoms with Crippen molar-refractivity contribution in [3.63, 3.8) is 0 Å². The zero-order valence-electron chi connectivity index (χ0n) is 8.16. The Balaban J connectivity index is 2.36. The number of fused-ring (bicyclic) bond motifs is 1. The van der Waals surface area contributed by atoms with E-state index in [1.54, 1.807) is 0 Å². The van der Waals surface area contributed by atoms with Gasteiger partial charge in [0.2, 0.25) is 0 Å². The van der Waals surface area contributed by atoms with Crippen LogP contribution in [0.5, 0.6) is 0 Å². The largest absolute Gasteiger partial charge is 0.392 e. The van der Waals surface area contributed by atoms with Crippen LogP contribution in [0.25, 0.3) is 0 Å². The molecular formula is C11H18O2. The molecule has 0 spiro atoms. The molecule has 1 fully saturated rings. The van der Waals surface area contributed by atoms with Crippen molar-refractivity contribution in [2.45, 2.75) is 50.7 Å². The van der Waals surface area contributed by atoms with Gasteiger partial charge in [-0.3, -0.25) is 0 Å². The third-order valence-corrected chi connectivity index (χ3v) is 3.98. The highest BCUT2D eigenvalue weighted by molar-refractivity contribution is 5.17. The van der Waals surface area contributed by atoms with E-state index in [4.69, 9.17) is 0 Å². The van der Waals surface area contributed by atoms with Gasteiger partial charge in [-0.1, -0.05) is 19.1 Å². The molecule has 2 nitrogen and oxygen atoms in total. The van der Waals surface area contributed by atoms with Gasteiger partial charge in [-0.15, -0.1) is 0 Å². The Hall–Kier alpha value is -0.340. The van der Waals surface area contributed by atoms with Crippen LogP contribution < -0.4 is 0 Å². The smallest absolute Gasteiger partial charge is 0.0905 e. The number of allylic oxidation sites excluding steroid dienone is 1. The van der Waals surface area contributed by atoms with Crippen LogP contribution in [-0.2, 0) is 0 Å². The molecule has 2 N–H and O–H groups in total. The molecule has 3 atom stereocenters. The number of rotatable bonds is 0. The van der Waals surface area contributed by atoms with Crippen molar-refractivity contribution in [3.05, 3.63) is 12.2 Å². The molecule has 0 aromatic rings. The van der Waals surface area contributed by atoms with Crippen LogP contribution in [0.1, 0.15) is 39.0 Å². The first kappa shape index (κ1) is 9.22. The molecule has 0 aliphatic heterocycles. The van der Waals surface area contributed by atoms with Crippen molar-refractivity contribution in [3.8, 4) is 0 Å². The zero-order valence-corrected chi connectivity index (χ0v) is 8.16. The van der Waals surface area contributed by atoms with E-state index in [2.05, 4.69) is 0 Å². The first-order valence-electron chi connectivity index (χ1n) is 5.17. The predicted molar refractivity (Wildman–Crippen MR) is 51.3 cm³/mol. The highest BCUT2D eigenvalue weighted by Gasteiger charge is 2.52.